The van der Waals surface area contributed by atoms with Gasteiger partial charge in [-0.05, 0) is 30.9 Å². The number of nitrogens with one attached hydrogen (secondary N) is 1. The van der Waals surface area contributed by atoms with Gasteiger partial charge in [0.1, 0.15) is 6.04 Å². The van der Waals surface area contributed by atoms with E-state index in [9.17, 15) is 9.59 Å². The van der Waals surface area contributed by atoms with E-state index in [1.54, 1.807) is 49.3 Å². The van der Waals surface area contributed by atoms with Gasteiger partial charge < -0.3 is 0 Å². The number of anilines is 1. The SMILES string of the molecule is CCSc1nnc(NC(=O)C(C)n2nc(-c3ccncc3)ccc2=O)s1. The van der Waals surface area contributed by atoms with Gasteiger partial charge in [-0.2, -0.15) is 5.10 Å². The monoisotopic (exact) mass is 388 g/mol. The van der Waals surface area contributed by atoms with E-state index in [0.29, 0.717) is 10.8 Å². The maximum Gasteiger partial charge on any atom is 0.267 e. The molecule has 0 aliphatic carbocycles. The first-order chi connectivity index (χ1) is 12.6. The van der Waals surface area contributed by atoms with E-state index in [1.165, 1.54) is 17.4 Å². The predicted octanol–water partition coefficient (Wildman–Crippen LogP) is 2.47. The number of hydrogen-bond acceptors (Lipinski definition) is 8. The standard InChI is InChI=1S/C16H16N6O2S2/c1-3-25-16-20-19-15(26-16)18-14(24)10(2)22-13(23)5-4-12(21-22)11-6-8-17-9-7-11/h4-10H,3H2,1-2H3,(H,18,19,24). The zero-order valence-electron chi connectivity index (χ0n) is 14.1. The third kappa shape index (κ3) is 4.14. The summed E-state index contributed by atoms with van der Waals surface area (Å²) in [6.07, 6.45) is 3.29. The third-order valence-corrected chi connectivity index (χ3v) is 5.31. The molecule has 0 saturated heterocycles. The number of amides is 1. The fourth-order valence-electron chi connectivity index (χ4n) is 2.14. The Morgan fingerprint density at radius 1 is 1.27 bits per heavy atom. The first kappa shape index (κ1) is 18.2. The zero-order chi connectivity index (χ0) is 18.5. The highest BCUT2D eigenvalue weighted by Gasteiger charge is 2.19. The molecule has 26 heavy (non-hydrogen) atoms. The molecule has 1 amide bonds. The van der Waals surface area contributed by atoms with Crippen LogP contribution in [0.15, 0.2) is 45.8 Å². The van der Waals surface area contributed by atoms with E-state index in [2.05, 4.69) is 25.6 Å². The van der Waals surface area contributed by atoms with Crippen molar-refractivity contribution in [1.29, 1.82) is 0 Å². The van der Waals surface area contributed by atoms with Crippen LogP contribution in [0.3, 0.4) is 0 Å². The van der Waals surface area contributed by atoms with E-state index in [1.807, 2.05) is 6.92 Å². The van der Waals surface area contributed by atoms with Gasteiger partial charge in [0.15, 0.2) is 4.34 Å². The minimum Gasteiger partial charge on any atom is -0.299 e. The van der Waals surface area contributed by atoms with Crippen LogP contribution in [-0.2, 0) is 4.79 Å². The predicted molar refractivity (Wildman–Crippen MR) is 101 cm³/mol. The fourth-order valence-corrected chi connectivity index (χ4v) is 3.79. The quantitative estimate of drug-likeness (QED) is 0.511. The van der Waals surface area contributed by atoms with Crippen molar-refractivity contribution in [3.05, 3.63) is 47.0 Å². The lowest BCUT2D eigenvalue weighted by Gasteiger charge is -2.13. The molecule has 0 saturated carbocycles. The maximum absolute atomic E-state index is 12.5. The fraction of sp³-hybridized carbons (Fsp3) is 0.250. The number of rotatable bonds is 6. The van der Waals surface area contributed by atoms with Crippen molar-refractivity contribution in [1.82, 2.24) is 25.0 Å². The van der Waals surface area contributed by atoms with Crippen molar-refractivity contribution in [3.63, 3.8) is 0 Å². The van der Waals surface area contributed by atoms with E-state index in [0.717, 1.165) is 20.3 Å². The number of carbonyl (C=O) groups is 1. The second-order valence-corrected chi connectivity index (χ2v) is 7.70. The van der Waals surface area contributed by atoms with Crippen LogP contribution >= 0.6 is 23.1 Å². The molecule has 10 heteroatoms. The Bertz CT molecular complexity index is 957. The summed E-state index contributed by atoms with van der Waals surface area (Å²) in [5, 5.41) is 15.3. The molecule has 134 valence electrons. The molecule has 3 aromatic heterocycles. The molecular weight excluding hydrogens is 372 g/mol. The van der Waals surface area contributed by atoms with Crippen molar-refractivity contribution < 1.29 is 4.79 Å². The van der Waals surface area contributed by atoms with E-state index >= 15 is 0 Å². The Hall–Kier alpha value is -2.59. The Kier molecular flexibility index (Phi) is 5.74. The molecule has 0 aromatic carbocycles. The van der Waals surface area contributed by atoms with E-state index in [4.69, 9.17) is 0 Å². The summed E-state index contributed by atoms with van der Waals surface area (Å²) in [6.45, 7) is 3.63. The van der Waals surface area contributed by atoms with Gasteiger partial charge in [0, 0.05) is 24.0 Å². The molecule has 3 rings (SSSR count). The van der Waals surface area contributed by atoms with Gasteiger partial charge in [0.05, 0.1) is 5.69 Å². The summed E-state index contributed by atoms with van der Waals surface area (Å²) < 4.78 is 1.94. The molecule has 1 N–H and O–H groups in total. The summed E-state index contributed by atoms with van der Waals surface area (Å²) in [5.41, 5.74) is 1.04. The average molecular weight is 388 g/mol. The molecule has 3 heterocycles. The van der Waals surface area contributed by atoms with Crippen LogP contribution in [0.25, 0.3) is 11.3 Å². The first-order valence-corrected chi connectivity index (χ1v) is 9.66. The number of pyridine rings is 1. The summed E-state index contributed by atoms with van der Waals surface area (Å²) in [6, 6.07) is 5.80. The van der Waals surface area contributed by atoms with Gasteiger partial charge in [-0.25, -0.2) is 4.68 Å². The van der Waals surface area contributed by atoms with Crippen molar-refractivity contribution in [2.75, 3.05) is 11.1 Å². The summed E-state index contributed by atoms with van der Waals surface area (Å²) in [5.74, 6) is 0.496. The molecule has 0 radical (unpaired) electrons. The molecule has 0 aliphatic rings. The number of nitrogens with zero attached hydrogens (tertiary/aromatic N) is 5. The van der Waals surface area contributed by atoms with Gasteiger partial charge in [-0.15, -0.1) is 10.2 Å². The highest BCUT2D eigenvalue weighted by atomic mass is 32.2. The first-order valence-electron chi connectivity index (χ1n) is 7.86. The Morgan fingerprint density at radius 3 is 2.77 bits per heavy atom. The molecule has 0 fully saturated rings. The minimum atomic E-state index is -0.796. The molecular formula is C16H16N6O2S2. The molecule has 0 aliphatic heterocycles. The van der Waals surface area contributed by atoms with Gasteiger partial charge in [0.25, 0.3) is 11.5 Å². The van der Waals surface area contributed by atoms with Gasteiger partial charge >= 0.3 is 0 Å². The van der Waals surface area contributed by atoms with E-state index in [-0.39, 0.29) is 11.5 Å². The van der Waals surface area contributed by atoms with Crippen LogP contribution in [0.2, 0.25) is 0 Å². The summed E-state index contributed by atoms with van der Waals surface area (Å²) in [7, 11) is 0. The van der Waals surface area contributed by atoms with Crippen LogP contribution < -0.4 is 10.9 Å². The molecule has 0 spiro atoms. The van der Waals surface area contributed by atoms with Crippen molar-refractivity contribution in [2.45, 2.75) is 24.2 Å². The van der Waals surface area contributed by atoms with Crippen molar-refractivity contribution >= 4 is 34.1 Å². The molecule has 0 bridgehead atoms. The van der Waals surface area contributed by atoms with Gasteiger partial charge in [0.2, 0.25) is 5.13 Å². The third-order valence-electron chi connectivity index (χ3n) is 3.45. The zero-order valence-corrected chi connectivity index (χ0v) is 15.8. The second-order valence-electron chi connectivity index (χ2n) is 5.21. The number of thioether (sulfide) groups is 1. The molecule has 1 unspecified atom stereocenters. The summed E-state index contributed by atoms with van der Waals surface area (Å²) >= 11 is 2.85. The molecule has 8 nitrogen and oxygen atoms in total. The van der Waals surface area contributed by atoms with Crippen LogP contribution in [0.5, 0.6) is 0 Å². The Labute approximate surface area is 157 Å². The van der Waals surface area contributed by atoms with Crippen LogP contribution in [0, 0.1) is 0 Å². The number of carbonyl (C=O) groups excluding carboxylic acids is 1. The lowest BCUT2D eigenvalue weighted by Crippen LogP contribution is -2.33. The van der Waals surface area contributed by atoms with Crippen molar-refractivity contribution in [2.24, 2.45) is 0 Å². The highest BCUT2D eigenvalue weighted by molar-refractivity contribution is 8.01. The molecule has 3 aromatic rings. The van der Waals surface area contributed by atoms with Gasteiger partial charge in [-0.3, -0.25) is 19.9 Å². The average Bonchev–Trinajstić information content (AvgIpc) is 3.09. The van der Waals surface area contributed by atoms with E-state index < -0.39 is 6.04 Å². The minimum absolute atomic E-state index is 0.357. The second kappa shape index (κ2) is 8.19. The van der Waals surface area contributed by atoms with Crippen LogP contribution in [0.1, 0.15) is 19.9 Å². The van der Waals surface area contributed by atoms with Gasteiger partial charge in [-0.1, -0.05) is 30.0 Å². The highest BCUT2D eigenvalue weighted by Crippen LogP contribution is 2.25. The van der Waals surface area contributed by atoms with Crippen LogP contribution in [-0.4, -0.2) is 36.6 Å². The summed E-state index contributed by atoms with van der Waals surface area (Å²) in [4.78, 5) is 28.6. The largest absolute Gasteiger partial charge is 0.299 e. The maximum atomic E-state index is 12.5. The normalized spacial score (nSPS) is 11.9. The van der Waals surface area contributed by atoms with Crippen LogP contribution in [0.4, 0.5) is 5.13 Å². The lowest BCUT2D eigenvalue weighted by molar-refractivity contribution is -0.119. The number of hydrogen-bond donors (Lipinski definition) is 1. The Balaban J connectivity index is 1.80. The lowest BCUT2D eigenvalue weighted by atomic mass is 10.2. The number of aromatic nitrogens is 5. The molecule has 1 atom stereocenters. The van der Waals surface area contributed by atoms with Crippen molar-refractivity contribution in [3.8, 4) is 11.3 Å². The Morgan fingerprint density at radius 2 is 2.04 bits per heavy atom. The topological polar surface area (TPSA) is 103 Å². The smallest absolute Gasteiger partial charge is 0.267 e.